The van der Waals surface area contributed by atoms with Gasteiger partial charge in [-0.25, -0.2) is 4.79 Å². The lowest BCUT2D eigenvalue weighted by molar-refractivity contribution is 0.0696. The molecule has 0 aliphatic rings. The molecule has 0 aliphatic carbocycles. The maximum Gasteiger partial charge on any atom is 0.337 e. The SMILES string of the molecule is O=C(O)c1cc(O)cc(O)c1Cl. The van der Waals surface area contributed by atoms with Crippen molar-refractivity contribution in [3.8, 4) is 11.5 Å². The Morgan fingerprint density at radius 1 is 1.33 bits per heavy atom. The average Bonchev–Trinajstić information content (AvgIpc) is 1.96. The first-order valence-corrected chi connectivity index (χ1v) is 3.35. The largest absolute Gasteiger partial charge is 0.508 e. The van der Waals surface area contributed by atoms with Crippen molar-refractivity contribution in [3.05, 3.63) is 22.7 Å². The third-order valence-electron chi connectivity index (χ3n) is 1.27. The summed E-state index contributed by atoms with van der Waals surface area (Å²) in [6, 6.07) is 1.93. The highest BCUT2D eigenvalue weighted by Crippen LogP contribution is 2.31. The number of carboxylic acid groups (broad SMARTS) is 1. The summed E-state index contributed by atoms with van der Waals surface area (Å²) in [6.45, 7) is 0. The Labute approximate surface area is 72.6 Å². The molecule has 0 fully saturated rings. The zero-order valence-electron chi connectivity index (χ0n) is 5.78. The lowest BCUT2D eigenvalue weighted by Crippen LogP contribution is -1.96. The molecular weight excluding hydrogens is 184 g/mol. The van der Waals surface area contributed by atoms with Gasteiger partial charge >= 0.3 is 5.97 Å². The van der Waals surface area contributed by atoms with Crippen molar-refractivity contribution < 1.29 is 20.1 Å². The van der Waals surface area contributed by atoms with Crippen LogP contribution >= 0.6 is 11.6 Å². The van der Waals surface area contributed by atoms with Crippen LogP contribution in [0.5, 0.6) is 11.5 Å². The molecule has 0 atom stereocenters. The van der Waals surface area contributed by atoms with Crippen LogP contribution in [-0.4, -0.2) is 21.3 Å². The second kappa shape index (κ2) is 2.91. The summed E-state index contributed by atoms with van der Waals surface area (Å²) in [5.74, 6) is -2.09. The Bertz CT molecular complexity index is 334. The number of halogens is 1. The minimum absolute atomic E-state index is 0.277. The molecule has 4 nitrogen and oxygen atoms in total. The quantitative estimate of drug-likeness (QED) is 0.623. The molecule has 64 valence electrons. The Balaban J connectivity index is 3.37. The van der Waals surface area contributed by atoms with E-state index in [1.807, 2.05) is 0 Å². The summed E-state index contributed by atoms with van der Waals surface area (Å²) in [5, 5.41) is 26.1. The maximum atomic E-state index is 10.4. The van der Waals surface area contributed by atoms with Crippen LogP contribution in [-0.2, 0) is 0 Å². The summed E-state index contributed by atoms with van der Waals surface area (Å²) in [6.07, 6.45) is 0. The van der Waals surface area contributed by atoms with Crippen LogP contribution in [0.3, 0.4) is 0 Å². The number of hydrogen-bond donors (Lipinski definition) is 3. The van der Waals surface area contributed by atoms with Crippen molar-refractivity contribution in [2.75, 3.05) is 0 Å². The number of hydrogen-bond acceptors (Lipinski definition) is 3. The van der Waals surface area contributed by atoms with E-state index in [-0.39, 0.29) is 16.3 Å². The number of carbonyl (C=O) groups is 1. The van der Waals surface area contributed by atoms with Gasteiger partial charge in [-0.2, -0.15) is 0 Å². The molecule has 0 heterocycles. The van der Waals surface area contributed by atoms with Gasteiger partial charge in [-0.3, -0.25) is 0 Å². The number of phenols is 2. The van der Waals surface area contributed by atoms with Gasteiger partial charge < -0.3 is 15.3 Å². The second-order valence-corrected chi connectivity index (χ2v) is 2.51. The monoisotopic (exact) mass is 188 g/mol. The molecule has 0 spiro atoms. The molecule has 0 radical (unpaired) electrons. The van der Waals surface area contributed by atoms with Gasteiger partial charge in [0, 0.05) is 6.07 Å². The Morgan fingerprint density at radius 3 is 2.42 bits per heavy atom. The van der Waals surface area contributed by atoms with Crippen LogP contribution in [0.2, 0.25) is 5.02 Å². The highest BCUT2D eigenvalue weighted by atomic mass is 35.5. The average molecular weight is 189 g/mol. The first kappa shape index (κ1) is 8.67. The standard InChI is InChI=1S/C7H5ClO4/c8-6-4(7(11)12)1-3(9)2-5(6)10/h1-2,9-10H,(H,11,12). The van der Waals surface area contributed by atoms with E-state index in [1.165, 1.54) is 0 Å². The fourth-order valence-electron chi connectivity index (χ4n) is 0.750. The van der Waals surface area contributed by atoms with E-state index in [9.17, 15) is 4.79 Å². The summed E-state index contributed by atoms with van der Waals surface area (Å²) >= 11 is 5.42. The number of aromatic hydroxyl groups is 2. The number of carboxylic acids is 1. The number of phenolic OH excluding ortho intramolecular Hbond substituents is 2. The summed E-state index contributed by atoms with van der Waals surface area (Å²) in [5.41, 5.74) is -0.325. The van der Waals surface area contributed by atoms with E-state index in [2.05, 4.69) is 0 Å². The highest BCUT2D eigenvalue weighted by molar-refractivity contribution is 6.35. The molecule has 0 amide bonds. The molecule has 0 aliphatic heterocycles. The fraction of sp³-hybridized carbons (Fsp3) is 0. The van der Waals surface area contributed by atoms with Crippen LogP contribution in [0.25, 0.3) is 0 Å². The van der Waals surface area contributed by atoms with Gasteiger partial charge in [0.2, 0.25) is 0 Å². The number of benzene rings is 1. The molecule has 0 bridgehead atoms. The summed E-state index contributed by atoms with van der Waals surface area (Å²) in [7, 11) is 0. The van der Waals surface area contributed by atoms with Crippen molar-refractivity contribution in [2.45, 2.75) is 0 Å². The Morgan fingerprint density at radius 2 is 1.92 bits per heavy atom. The molecule has 0 saturated heterocycles. The molecule has 3 N–H and O–H groups in total. The van der Waals surface area contributed by atoms with Gasteiger partial charge in [-0.15, -0.1) is 0 Å². The van der Waals surface area contributed by atoms with Crippen molar-refractivity contribution in [1.29, 1.82) is 0 Å². The van der Waals surface area contributed by atoms with Gasteiger partial charge in [0.15, 0.2) is 0 Å². The molecule has 0 unspecified atom stereocenters. The lowest BCUT2D eigenvalue weighted by atomic mass is 10.2. The fourth-order valence-corrected chi connectivity index (χ4v) is 0.940. The van der Waals surface area contributed by atoms with E-state index < -0.39 is 11.7 Å². The van der Waals surface area contributed by atoms with E-state index in [0.717, 1.165) is 12.1 Å². The molecule has 1 aromatic carbocycles. The van der Waals surface area contributed by atoms with Crippen LogP contribution in [0.1, 0.15) is 10.4 Å². The van der Waals surface area contributed by atoms with Crippen LogP contribution < -0.4 is 0 Å². The van der Waals surface area contributed by atoms with Gasteiger partial charge in [0.05, 0.1) is 10.6 Å². The molecule has 0 saturated carbocycles. The van der Waals surface area contributed by atoms with Crippen molar-refractivity contribution >= 4 is 17.6 Å². The molecule has 5 heteroatoms. The van der Waals surface area contributed by atoms with Crippen LogP contribution in [0.15, 0.2) is 12.1 Å². The van der Waals surface area contributed by atoms with E-state index in [0.29, 0.717) is 0 Å². The zero-order valence-corrected chi connectivity index (χ0v) is 6.54. The Kier molecular flexibility index (Phi) is 2.10. The molecular formula is C7H5ClO4. The maximum absolute atomic E-state index is 10.4. The smallest absolute Gasteiger partial charge is 0.337 e. The van der Waals surface area contributed by atoms with Crippen molar-refractivity contribution in [2.24, 2.45) is 0 Å². The summed E-state index contributed by atoms with van der Waals surface area (Å²) < 4.78 is 0. The minimum Gasteiger partial charge on any atom is -0.508 e. The van der Waals surface area contributed by atoms with Crippen molar-refractivity contribution in [3.63, 3.8) is 0 Å². The molecule has 0 aromatic heterocycles. The second-order valence-electron chi connectivity index (χ2n) is 2.13. The van der Waals surface area contributed by atoms with Crippen molar-refractivity contribution in [1.82, 2.24) is 0 Å². The zero-order chi connectivity index (χ0) is 9.30. The summed E-state index contributed by atoms with van der Waals surface area (Å²) in [4.78, 5) is 10.4. The topological polar surface area (TPSA) is 77.8 Å². The van der Waals surface area contributed by atoms with Gasteiger partial charge in [-0.1, -0.05) is 11.6 Å². The minimum atomic E-state index is -1.30. The molecule has 12 heavy (non-hydrogen) atoms. The highest BCUT2D eigenvalue weighted by Gasteiger charge is 2.13. The van der Waals surface area contributed by atoms with E-state index >= 15 is 0 Å². The molecule has 1 aromatic rings. The number of rotatable bonds is 1. The van der Waals surface area contributed by atoms with Gasteiger partial charge in [0.1, 0.15) is 11.5 Å². The van der Waals surface area contributed by atoms with E-state index in [4.69, 9.17) is 26.9 Å². The predicted molar refractivity (Wildman–Crippen MR) is 41.7 cm³/mol. The van der Waals surface area contributed by atoms with Gasteiger partial charge in [0.25, 0.3) is 0 Å². The van der Waals surface area contributed by atoms with Crippen LogP contribution in [0, 0.1) is 0 Å². The molecule has 1 rings (SSSR count). The first-order chi connectivity index (χ1) is 5.52. The number of aromatic carboxylic acids is 1. The lowest BCUT2D eigenvalue weighted by Gasteiger charge is -2.01. The third-order valence-corrected chi connectivity index (χ3v) is 1.67. The Hall–Kier alpha value is -1.42. The first-order valence-electron chi connectivity index (χ1n) is 2.97. The van der Waals surface area contributed by atoms with Gasteiger partial charge in [-0.05, 0) is 6.07 Å². The third kappa shape index (κ3) is 1.43. The normalized spacial score (nSPS) is 9.75. The van der Waals surface area contributed by atoms with E-state index in [1.54, 1.807) is 0 Å². The van der Waals surface area contributed by atoms with Crippen LogP contribution in [0.4, 0.5) is 0 Å². The predicted octanol–water partition coefficient (Wildman–Crippen LogP) is 1.45.